The van der Waals surface area contributed by atoms with Crippen LogP contribution in [0, 0.1) is 35.1 Å². The minimum Gasteiger partial charge on any atom is -0.126 e. The minimum atomic E-state index is -1.64. The molecule has 0 unspecified atom stereocenters. The van der Waals surface area contributed by atoms with Crippen LogP contribution in [0.3, 0.4) is 0 Å². The van der Waals surface area contributed by atoms with Crippen LogP contribution in [-0.4, -0.2) is 8.07 Å². The maximum absolute atomic E-state index is 3.65. The zero-order valence-corrected chi connectivity index (χ0v) is 17.9. The summed E-state index contributed by atoms with van der Waals surface area (Å²) in [6.07, 6.45) is 7.24. The summed E-state index contributed by atoms with van der Waals surface area (Å²) in [5.41, 5.74) is 6.62. The topological polar surface area (TPSA) is 0 Å². The third kappa shape index (κ3) is 6.48. The number of benzene rings is 1. The van der Waals surface area contributed by atoms with Gasteiger partial charge in [-0.25, -0.2) is 0 Å². The van der Waals surface area contributed by atoms with E-state index in [0.717, 1.165) is 5.56 Å². The number of hydrogen-bond donors (Lipinski definition) is 0. The summed E-state index contributed by atoms with van der Waals surface area (Å²) in [5.74, 6) is 15.3. The standard InChI is InChI=1S/C25H30Si/c1-22(2)26(23(3)4,24(5)6)21-17-12-10-8-7-9-11-14-18-25-19-15-13-16-20-25/h9-13,15-16,19-20,22-24H,1-6H3/b11-9-,12-10-. The Bertz CT molecular complexity index is 766. The summed E-state index contributed by atoms with van der Waals surface area (Å²) in [5, 5.41) is 0. The van der Waals surface area contributed by atoms with Crippen LogP contribution in [-0.2, 0) is 0 Å². The Morgan fingerprint density at radius 1 is 0.654 bits per heavy atom. The molecule has 0 aromatic heterocycles. The quantitative estimate of drug-likeness (QED) is 0.435. The molecule has 0 nitrogen and oxygen atoms in total. The second-order valence-corrected chi connectivity index (χ2v) is 12.8. The lowest BCUT2D eigenvalue weighted by Gasteiger charge is -2.37. The Balaban J connectivity index is 2.69. The lowest BCUT2D eigenvalue weighted by molar-refractivity contribution is 0.838. The molecule has 0 saturated heterocycles. The first-order chi connectivity index (χ1) is 12.4. The summed E-state index contributed by atoms with van der Waals surface area (Å²) in [7, 11) is -1.64. The molecule has 1 heteroatoms. The molecular formula is C25H30Si. The maximum atomic E-state index is 3.65. The van der Waals surface area contributed by atoms with Crippen molar-refractivity contribution in [1.82, 2.24) is 0 Å². The Morgan fingerprint density at radius 3 is 1.62 bits per heavy atom. The highest BCUT2D eigenvalue weighted by Gasteiger charge is 2.41. The number of hydrogen-bond acceptors (Lipinski definition) is 0. The van der Waals surface area contributed by atoms with Gasteiger partial charge in [-0.2, -0.15) is 0 Å². The smallest absolute Gasteiger partial charge is 0.126 e. The highest BCUT2D eigenvalue weighted by atomic mass is 28.3. The molecule has 26 heavy (non-hydrogen) atoms. The summed E-state index contributed by atoms with van der Waals surface area (Å²) < 4.78 is 0. The van der Waals surface area contributed by atoms with E-state index >= 15 is 0 Å². The molecule has 1 rings (SSSR count). The third-order valence-electron chi connectivity index (χ3n) is 4.73. The molecular weight excluding hydrogens is 328 g/mol. The normalized spacial score (nSPS) is 11.3. The second-order valence-electron chi connectivity index (χ2n) is 7.26. The molecule has 0 bridgehead atoms. The average Bonchev–Trinajstić information content (AvgIpc) is 2.59. The zero-order valence-electron chi connectivity index (χ0n) is 16.9. The molecule has 0 atom stereocenters. The molecule has 0 N–H and O–H groups in total. The van der Waals surface area contributed by atoms with Crippen molar-refractivity contribution in [3.8, 4) is 35.1 Å². The molecule has 0 saturated carbocycles. The molecule has 0 radical (unpaired) electrons. The van der Waals surface area contributed by atoms with E-state index < -0.39 is 8.07 Å². The van der Waals surface area contributed by atoms with E-state index in [0.29, 0.717) is 16.6 Å². The van der Waals surface area contributed by atoms with E-state index in [9.17, 15) is 0 Å². The molecule has 0 amide bonds. The van der Waals surface area contributed by atoms with Gasteiger partial charge in [-0.1, -0.05) is 89.3 Å². The van der Waals surface area contributed by atoms with E-state index in [1.807, 2.05) is 42.5 Å². The monoisotopic (exact) mass is 358 g/mol. The molecule has 0 heterocycles. The third-order valence-corrected chi connectivity index (χ3v) is 11.0. The molecule has 0 aliphatic carbocycles. The minimum absolute atomic E-state index is 0.653. The van der Waals surface area contributed by atoms with E-state index in [1.165, 1.54) is 0 Å². The Morgan fingerprint density at radius 2 is 1.12 bits per heavy atom. The van der Waals surface area contributed by atoms with Crippen LogP contribution in [0.15, 0.2) is 54.6 Å². The Labute approximate surface area is 161 Å². The lowest BCUT2D eigenvalue weighted by atomic mass is 10.2. The Kier molecular flexibility index (Phi) is 9.37. The summed E-state index contributed by atoms with van der Waals surface area (Å²) in [4.78, 5) is 0. The van der Waals surface area contributed by atoms with Crippen molar-refractivity contribution in [2.75, 3.05) is 0 Å². The van der Waals surface area contributed by atoms with Crippen molar-refractivity contribution in [3.05, 3.63) is 60.2 Å². The van der Waals surface area contributed by atoms with Crippen molar-refractivity contribution in [2.45, 2.75) is 58.2 Å². The van der Waals surface area contributed by atoms with Gasteiger partial charge in [0.05, 0.1) is 0 Å². The predicted molar refractivity (Wildman–Crippen MR) is 118 cm³/mol. The van der Waals surface area contributed by atoms with Gasteiger partial charge in [-0.05, 0) is 53.1 Å². The van der Waals surface area contributed by atoms with Crippen molar-refractivity contribution >= 4 is 8.07 Å². The lowest BCUT2D eigenvalue weighted by Crippen LogP contribution is -2.43. The SMILES string of the molecule is CC(C)[Si](C#C/C=C\C#C/C=C\C#Cc1ccccc1)(C(C)C)C(C)C. The van der Waals surface area contributed by atoms with E-state index in [4.69, 9.17) is 0 Å². The van der Waals surface area contributed by atoms with Crippen LogP contribution in [0.2, 0.25) is 16.6 Å². The van der Waals surface area contributed by atoms with E-state index in [-0.39, 0.29) is 0 Å². The van der Waals surface area contributed by atoms with Crippen LogP contribution < -0.4 is 0 Å². The predicted octanol–water partition coefficient (Wildman–Crippen LogP) is 6.38. The van der Waals surface area contributed by atoms with Gasteiger partial charge in [0.15, 0.2) is 0 Å². The van der Waals surface area contributed by atoms with Crippen LogP contribution in [0.4, 0.5) is 0 Å². The second kappa shape index (κ2) is 11.3. The van der Waals surface area contributed by atoms with Crippen LogP contribution in [0.25, 0.3) is 0 Å². The van der Waals surface area contributed by atoms with E-state index in [1.54, 1.807) is 12.2 Å². The van der Waals surface area contributed by atoms with Crippen LogP contribution in [0.5, 0.6) is 0 Å². The first-order valence-corrected chi connectivity index (χ1v) is 11.5. The molecule has 0 spiro atoms. The van der Waals surface area contributed by atoms with Gasteiger partial charge in [0, 0.05) is 5.56 Å². The van der Waals surface area contributed by atoms with Gasteiger partial charge in [0.25, 0.3) is 0 Å². The molecule has 0 aliphatic rings. The van der Waals surface area contributed by atoms with Gasteiger partial charge in [0.1, 0.15) is 8.07 Å². The Hall–Kier alpha value is -2.40. The summed E-state index contributed by atoms with van der Waals surface area (Å²) >= 11 is 0. The summed E-state index contributed by atoms with van der Waals surface area (Å²) in [6, 6.07) is 9.92. The highest BCUT2D eigenvalue weighted by molar-refractivity contribution is 6.90. The highest BCUT2D eigenvalue weighted by Crippen LogP contribution is 2.40. The van der Waals surface area contributed by atoms with Crippen molar-refractivity contribution in [3.63, 3.8) is 0 Å². The van der Waals surface area contributed by atoms with Gasteiger partial charge < -0.3 is 0 Å². The number of rotatable bonds is 3. The van der Waals surface area contributed by atoms with Crippen molar-refractivity contribution in [2.24, 2.45) is 0 Å². The van der Waals surface area contributed by atoms with Crippen molar-refractivity contribution < 1.29 is 0 Å². The van der Waals surface area contributed by atoms with Crippen molar-refractivity contribution in [1.29, 1.82) is 0 Å². The fourth-order valence-electron chi connectivity index (χ4n) is 3.51. The van der Waals surface area contributed by atoms with Crippen LogP contribution >= 0.6 is 0 Å². The summed E-state index contributed by atoms with van der Waals surface area (Å²) in [6.45, 7) is 14.0. The number of allylic oxidation sites excluding steroid dienone is 4. The van der Waals surface area contributed by atoms with Gasteiger partial charge in [-0.3, -0.25) is 0 Å². The van der Waals surface area contributed by atoms with Gasteiger partial charge in [-0.15, -0.1) is 5.54 Å². The average molecular weight is 359 g/mol. The molecule has 0 fully saturated rings. The largest absolute Gasteiger partial charge is 0.146 e. The first kappa shape index (κ1) is 21.6. The van der Waals surface area contributed by atoms with Gasteiger partial charge in [0.2, 0.25) is 0 Å². The molecule has 0 aliphatic heterocycles. The zero-order chi connectivity index (χ0) is 19.4. The fraction of sp³-hybridized carbons (Fsp3) is 0.360. The van der Waals surface area contributed by atoms with E-state index in [2.05, 4.69) is 76.7 Å². The first-order valence-electron chi connectivity index (χ1n) is 9.31. The maximum Gasteiger partial charge on any atom is 0.146 e. The molecule has 1 aromatic carbocycles. The fourth-order valence-corrected chi connectivity index (χ4v) is 8.71. The molecule has 134 valence electrons. The van der Waals surface area contributed by atoms with Crippen LogP contribution in [0.1, 0.15) is 47.1 Å². The molecule has 1 aromatic rings. The van der Waals surface area contributed by atoms with Gasteiger partial charge >= 0.3 is 0 Å².